The summed E-state index contributed by atoms with van der Waals surface area (Å²) >= 11 is 0. The van der Waals surface area contributed by atoms with Crippen LogP contribution in [-0.4, -0.2) is 34.9 Å². The van der Waals surface area contributed by atoms with Gasteiger partial charge in [0.15, 0.2) is 0 Å². The molecule has 0 unspecified atom stereocenters. The average molecular weight is 219 g/mol. The molecule has 1 aromatic heterocycles. The number of hydrogen-bond acceptors (Lipinski definition) is 3. The van der Waals surface area contributed by atoms with Crippen LogP contribution in [0.3, 0.4) is 0 Å². The molecule has 16 heavy (non-hydrogen) atoms. The molecule has 0 aromatic carbocycles. The smallest absolute Gasteiger partial charge is 0.272 e. The van der Waals surface area contributed by atoms with Crippen molar-refractivity contribution in [3.05, 3.63) is 30.1 Å². The van der Waals surface area contributed by atoms with Crippen LogP contribution in [0.5, 0.6) is 0 Å². The van der Waals surface area contributed by atoms with Gasteiger partial charge in [-0.15, -0.1) is 0 Å². The van der Waals surface area contributed by atoms with Crippen LogP contribution in [0.4, 0.5) is 0 Å². The molecule has 2 rings (SSSR count). The molecule has 4 heteroatoms. The SMILES string of the molecule is NCCN(C(=O)c1ccccn1)C1CCC1. The molecular formula is C12H17N3O. The largest absolute Gasteiger partial charge is 0.333 e. The van der Waals surface area contributed by atoms with E-state index in [0.717, 1.165) is 12.8 Å². The Balaban J connectivity index is 2.10. The minimum atomic E-state index is 0.00995. The van der Waals surface area contributed by atoms with Crippen molar-refractivity contribution in [2.24, 2.45) is 5.73 Å². The Bertz CT molecular complexity index is 349. The molecule has 0 atom stereocenters. The third-order valence-electron chi connectivity index (χ3n) is 3.03. The Morgan fingerprint density at radius 1 is 1.50 bits per heavy atom. The first-order valence-electron chi connectivity index (χ1n) is 5.75. The summed E-state index contributed by atoms with van der Waals surface area (Å²) in [4.78, 5) is 18.1. The van der Waals surface area contributed by atoms with Gasteiger partial charge in [0.1, 0.15) is 5.69 Å². The first-order valence-corrected chi connectivity index (χ1v) is 5.75. The average Bonchev–Trinajstić information content (AvgIpc) is 2.26. The number of pyridine rings is 1. The van der Waals surface area contributed by atoms with Crippen molar-refractivity contribution >= 4 is 5.91 Å². The Hall–Kier alpha value is -1.42. The fourth-order valence-electron chi connectivity index (χ4n) is 1.92. The summed E-state index contributed by atoms with van der Waals surface area (Å²) in [6.07, 6.45) is 5.05. The highest BCUT2D eigenvalue weighted by atomic mass is 16.2. The van der Waals surface area contributed by atoms with Crippen LogP contribution in [0.1, 0.15) is 29.8 Å². The van der Waals surface area contributed by atoms with E-state index in [2.05, 4.69) is 4.98 Å². The second kappa shape index (κ2) is 5.07. The molecule has 0 spiro atoms. The maximum atomic E-state index is 12.2. The Labute approximate surface area is 95.5 Å². The van der Waals surface area contributed by atoms with Gasteiger partial charge in [-0.1, -0.05) is 6.07 Å². The molecule has 2 N–H and O–H groups in total. The molecule has 1 amide bonds. The zero-order valence-electron chi connectivity index (χ0n) is 9.30. The molecule has 0 radical (unpaired) electrons. The summed E-state index contributed by atoms with van der Waals surface area (Å²) in [5.41, 5.74) is 6.06. The number of carbonyl (C=O) groups is 1. The van der Waals surface area contributed by atoms with Gasteiger partial charge in [-0.3, -0.25) is 9.78 Å². The number of amides is 1. The number of carbonyl (C=O) groups excluding carboxylic acids is 1. The molecule has 1 aliphatic carbocycles. The van der Waals surface area contributed by atoms with E-state index in [1.807, 2.05) is 17.0 Å². The lowest BCUT2D eigenvalue weighted by molar-refractivity contribution is 0.0582. The van der Waals surface area contributed by atoms with Crippen molar-refractivity contribution in [2.45, 2.75) is 25.3 Å². The van der Waals surface area contributed by atoms with Gasteiger partial charge in [-0.05, 0) is 31.4 Å². The molecular weight excluding hydrogens is 202 g/mol. The number of nitrogens with zero attached hydrogens (tertiary/aromatic N) is 2. The summed E-state index contributed by atoms with van der Waals surface area (Å²) in [6.45, 7) is 1.13. The Kier molecular flexibility index (Phi) is 3.51. The van der Waals surface area contributed by atoms with Gasteiger partial charge in [-0.25, -0.2) is 0 Å². The predicted molar refractivity (Wildman–Crippen MR) is 62.0 cm³/mol. The zero-order chi connectivity index (χ0) is 11.4. The van der Waals surface area contributed by atoms with Crippen LogP contribution in [0.25, 0.3) is 0 Å². The van der Waals surface area contributed by atoms with E-state index in [-0.39, 0.29) is 5.91 Å². The van der Waals surface area contributed by atoms with Gasteiger partial charge in [0.25, 0.3) is 5.91 Å². The predicted octanol–water partition coefficient (Wildman–Crippen LogP) is 1.03. The molecule has 4 nitrogen and oxygen atoms in total. The number of aromatic nitrogens is 1. The fraction of sp³-hybridized carbons (Fsp3) is 0.500. The van der Waals surface area contributed by atoms with Crippen molar-refractivity contribution in [1.82, 2.24) is 9.88 Å². The highest BCUT2D eigenvalue weighted by Crippen LogP contribution is 2.25. The maximum absolute atomic E-state index is 12.2. The van der Waals surface area contributed by atoms with Crippen LogP contribution in [0.15, 0.2) is 24.4 Å². The van der Waals surface area contributed by atoms with Gasteiger partial charge in [0, 0.05) is 25.3 Å². The number of hydrogen-bond donors (Lipinski definition) is 1. The van der Waals surface area contributed by atoms with Crippen molar-refractivity contribution < 1.29 is 4.79 Å². The number of nitrogens with two attached hydrogens (primary N) is 1. The van der Waals surface area contributed by atoms with Crippen LogP contribution < -0.4 is 5.73 Å². The van der Waals surface area contributed by atoms with E-state index in [0.29, 0.717) is 24.8 Å². The van der Waals surface area contributed by atoms with E-state index in [9.17, 15) is 4.79 Å². The van der Waals surface area contributed by atoms with Crippen LogP contribution in [0, 0.1) is 0 Å². The van der Waals surface area contributed by atoms with Crippen molar-refractivity contribution in [1.29, 1.82) is 0 Å². The Morgan fingerprint density at radius 2 is 2.31 bits per heavy atom. The lowest BCUT2D eigenvalue weighted by atomic mass is 9.91. The first-order chi connectivity index (χ1) is 7.83. The molecule has 1 saturated carbocycles. The molecule has 1 aromatic rings. The minimum Gasteiger partial charge on any atom is -0.333 e. The van der Waals surface area contributed by atoms with Crippen LogP contribution >= 0.6 is 0 Å². The first kappa shape index (κ1) is 11.1. The van der Waals surface area contributed by atoms with E-state index in [1.54, 1.807) is 12.3 Å². The van der Waals surface area contributed by atoms with E-state index >= 15 is 0 Å². The molecule has 86 valence electrons. The van der Waals surface area contributed by atoms with Crippen LogP contribution in [-0.2, 0) is 0 Å². The standard InChI is InChI=1S/C12H17N3O/c13-7-9-15(10-4-3-5-10)12(16)11-6-1-2-8-14-11/h1-2,6,8,10H,3-5,7,9,13H2. The van der Waals surface area contributed by atoms with E-state index in [1.165, 1.54) is 6.42 Å². The second-order valence-corrected chi connectivity index (χ2v) is 4.09. The summed E-state index contributed by atoms with van der Waals surface area (Å²) in [6, 6.07) is 5.78. The molecule has 1 heterocycles. The fourth-order valence-corrected chi connectivity index (χ4v) is 1.92. The lowest BCUT2D eigenvalue weighted by Gasteiger charge is -2.37. The maximum Gasteiger partial charge on any atom is 0.272 e. The van der Waals surface area contributed by atoms with Gasteiger partial charge in [-0.2, -0.15) is 0 Å². The third kappa shape index (κ3) is 2.22. The highest BCUT2D eigenvalue weighted by molar-refractivity contribution is 5.92. The summed E-state index contributed by atoms with van der Waals surface area (Å²) in [7, 11) is 0. The topological polar surface area (TPSA) is 59.2 Å². The van der Waals surface area contributed by atoms with E-state index in [4.69, 9.17) is 5.73 Å². The lowest BCUT2D eigenvalue weighted by Crippen LogP contribution is -2.46. The van der Waals surface area contributed by atoms with Gasteiger partial charge < -0.3 is 10.6 Å². The minimum absolute atomic E-state index is 0.00995. The molecule has 0 bridgehead atoms. The molecule has 1 aliphatic rings. The number of rotatable bonds is 4. The van der Waals surface area contributed by atoms with Crippen molar-refractivity contribution in [2.75, 3.05) is 13.1 Å². The Morgan fingerprint density at radius 3 is 2.81 bits per heavy atom. The van der Waals surface area contributed by atoms with Gasteiger partial charge in [0.05, 0.1) is 0 Å². The quantitative estimate of drug-likeness (QED) is 0.823. The van der Waals surface area contributed by atoms with Crippen molar-refractivity contribution in [3.63, 3.8) is 0 Å². The second-order valence-electron chi connectivity index (χ2n) is 4.09. The van der Waals surface area contributed by atoms with E-state index < -0.39 is 0 Å². The van der Waals surface area contributed by atoms with Gasteiger partial charge >= 0.3 is 0 Å². The zero-order valence-corrected chi connectivity index (χ0v) is 9.30. The third-order valence-corrected chi connectivity index (χ3v) is 3.03. The van der Waals surface area contributed by atoms with Crippen LogP contribution in [0.2, 0.25) is 0 Å². The summed E-state index contributed by atoms with van der Waals surface area (Å²) in [5.74, 6) is 0.00995. The highest BCUT2D eigenvalue weighted by Gasteiger charge is 2.29. The molecule has 0 saturated heterocycles. The molecule has 1 fully saturated rings. The summed E-state index contributed by atoms with van der Waals surface area (Å²) < 4.78 is 0. The van der Waals surface area contributed by atoms with Gasteiger partial charge in [0.2, 0.25) is 0 Å². The monoisotopic (exact) mass is 219 g/mol. The normalized spacial score (nSPS) is 15.6. The molecule has 0 aliphatic heterocycles. The van der Waals surface area contributed by atoms with Crippen molar-refractivity contribution in [3.8, 4) is 0 Å². The summed E-state index contributed by atoms with van der Waals surface area (Å²) in [5, 5.41) is 0.